The lowest BCUT2D eigenvalue weighted by molar-refractivity contribution is -0.121. The molecule has 0 aliphatic carbocycles. The second-order valence-corrected chi connectivity index (χ2v) is 4.80. The number of ether oxygens (including phenoxy) is 1. The van der Waals surface area contributed by atoms with Gasteiger partial charge in [0.25, 0.3) is 0 Å². The Morgan fingerprint density at radius 2 is 2.14 bits per heavy atom. The molecule has 0 radical (unpaired) electrons. The third-order valence-electron chi connectivity index (χ3n) is 2.96. The second kappa shape index (κ2) is 9.59. The molecular weight excluding hydrogens is 284 g/mol. The molecule has 7 heteroatoms. The van der Waals surface area contributed by atoms with E-state index in [1.54, 1.807) is 18.3 Å². The molecule has 1 atom stereocenters. The number of urea groups is 1. The van der Waals surface area contributed by atoms with Crippen molar-refractivity contribution < 1.29 is 14.3 Å². The zero-order chi connectivity index (χ0) is 16.4. The number of hydrogen-bond acceptors (Lipinski definition) is 4. The van der Waals surface area contributed by atoms with Gasteiger partial charge in [-0.3, -0.25) is 4.79 Å². The molecule has 0 saturated heterocycles. The van der Waals surface area contributed by atoms with Crippen molar-refractivity contribution in [2.45, 2.75) is 39.7 Å². The van der Waals surface area contributed by atoms with Crippen LogP contribution in [0.25, 0.3) is 0 Å². The lowest BCUT2D eigenvalue weighted by atomic mass is 10.2. The highest BCUT2D eigenvalue weighted by molar-refractivity contribution is 5.90. The Bertz CT molecular complexity index is 493. The molecule has 1 heterocycles. The van der Waals surface area contributed by atoms with Crippen LogP contribution in [0, 0.1) is 0 Å². The number of pyridine rings is 1. The highest BCUT2D eigenvalue weighted by Gasteiger charge is 2.09. The molecule has 0 aliphatic heterocycles. The summed E-state index contributed by atoms with van der Waals surface area (Å²) in [6.45, 7) is 6.51. The molecule has 0 bridgehead atoms. The first-order valence-corrected chi connectivity index (χ1v) is 7.48. The molecule has 0 spiro atoms. The van der Waals surface area contributed by atoms with Gasteiger partial charge in [0.05, 0.1) is 6.61 Å². The van der Waals surface area contributed by atoms with Crippen LogP contribution in [0.4, 0.5) is 10.5 Å². The Morgan fingerprint density at radius 1 is 1.36 bits per heavy atom. The molecule has 0 fully saturated rings. The van der Waals surface area contributed by atoms with Gasteiger partial charge < -0.3 is 20.7 Å². The predicted octanol–water partition coefficient (Wildman–Crippen LogP) is 1.91. The standard InChI is InChI=1S/C15H24N4O3/c1-4-11(3)18-13(20)8-10-17-15(21)19-12-7-6-9-16-14(12)22-5-2/h6-7,9,11H,4-5,8,10H2,1-3H3,(H,18,20)(H2,17,19,21)/t11-/m0/s1. The molecule has 3 amide bonds. The van der Waals surface area contributed by atoms with Gasteiger partial charge in [0.2, 0.25) is 11.8 Å². The number of nitrogens with one attached hydrogen (secondary N) is 3. The van der Waals surface area contributed by atoms with Crippen molar-refractivity contribution in [3.8, 4) is 5.88 Å². The summed E-state index contributed by atoms with van der Waals surface area (Å²) in [5.74, 6) is 0.292. The van der Waals surface area contributed by atoms with Gasteiger partial charge in [-0.15, -0.1) is 0 Å². The van der Waals surface area contributed by atoms with Crippen LogP contribution in [0.3, 0.4) is 0 Å². The van der Waals surface area contributed by atoms with Crippen LogP contribution in [-0.2, 0) is 4.79 Å². The van der Waals surface area contributed by atoms with E-state index in [0.717, 1.165) is 6.42 Å². The maximum atomic E-state index is 11.8. The summed E-state index contributed by atoms with van der Waals surface area (Å²) in [7, 11) is 0. The van der Waals surface area contributed by atoms with Gasteiger partial charge in [-0.1, -0.05) is 6.92 Å². The van der Waals surface area contributed by atoms with E-state index in [0.29, 0.717) is 18.2 Å². The second-order valence-electron chi connectivity index (χ2n) is 4.80. The van der Waals surface area contributed by atoms with Crippen LogP contribution < -0.4 is 20.7 Å². The van der Waals surface area contributed by atoms with Crippen molar-refractivity contribution in [3.63, 3.8) is 0 Å². The molecule has 22 heavy (non-hydrogen) atoms. The predicted molar refractivity (Wildman–Crippen MR) is 84.9 cm³/mol. The summed E-state index contributed by atoms with van der Waals surface area (Å²) in [6, 6.07) is 3.15. The van der Waals surface area contributed by atoms with Crippen molar-refractivity contribution in [1.29, 1.82) is 0 Å². The molecule has 0 aromatic carbocycles. The average molecular weight is 308 g/mol. The van der Waals surface area contributed by atoms with E-state index in [9.17, 15) is 9.59 Å². The van der Waals surface area contributed by atoms with Crippen molar-refractivity contribution in [2.75, 3.05) is 18.5 Å². The Balaban J connectivity index is 2.36. The number of rotatable bonds is 8. The zero-order valence-corrected chi connectivity index (χ0v) is 13.3. The number of carbonyl (C=O) groups excluding carboxylic acids is 2. The van der Waals surface area contributed by atoms with Gasteiger partial charge in [-0.05, 0) is 32.4 Å². The van der Waals surface area contributed by atoms with Gasteiger partial charge in [0, 0.05) is 25.2 Å². The SMILES string of the molecule is CCOc1ncccc1NC(=O)NCCC(=O)N[C@@H](C)CC. The fourth-order valence-corrected chi connectivity index (χ4v) is 1.64. The van der Waals surface area contributed by atoms with Gasteiger partial charge in [0.15, 0.2) is 0 Å². The number of nitrogens with zero attached hydrogens (tertiary/aromatic N) is 1. The summed E-state index contributed by atoms with van der Waals surface area (Å²) in [4.78, 5) is 27.4. The first-order chi connectivity index (χ1) is 10.6. The Labute approximate surface area is 130 Å². The topological polar surface area (TPSA) is 92.3 Å². The van der Waals surface area contributed by atoms with Crippen LogP contribution in [0.15, 0.2) is 18.3 Å². The maximum absolute atomic E-state index is 11.8. The maximum Gasteiger partial charge on any atom is 0.319 e. The van der Waals surface area contributed by atoms with Crippen LogP contribution in [0.5, 0.6) is 5.88 Å². The van der Waals surface area contributed by atoms with Crippen molar-refractivity contribution in [2.24, 2.45) is 0 Å². The quantitative estimate of drug-likeness (QED) is 0.684. The van der Waals surface area contributed by atoms with Crippen molar-refractivity contribution >= 4 is 17.6 Å². The summed E-state index contributed by atoms with van der Waals surface area (Å²) in [5.41, 5.74) is 0.492. The fourth-order valence-electron chi connectivity index (χ4n) is 1.64. The third kappa shape index (κ3) is 6.43. The first kappa shape index (κ1) is 17.7. The monoisotopic (exact) mass is 308 g/mol. The van der Waals surface area contributed by atoms with E-state index in [2.05, 4.69) is 20.9 Å². The smallest absolute Gasteiger partial charge is 0.319 e. The summed E-state index contributed by atoms with van der Waals surface area (Å²) < 4.78 is 5.32. The highest BCUT2D eigenvalue weighted by Crippen LogP contribution is 2.19. The summed E-state index contributed by atoms with van der Waals surface area (Å²) in [5, 5.41) is 8.12. The average Bonchev–Trinajstić information content (AvgIpc) is 2.49. The lowest BCUT2D eigenvalue weighted by Gasteiger charge is -2.12. The van der Waals surface area contributed by atoms with E-state index in [-0.39, 0.29) is 24.9 Å². The minimum Gasteiger partial charge on any atom is -0.476 e. The number of anilines is 1. The zero-order valence-electron chi connectivity index (χ0n) is 13.3. The molecular formula is C15H24N4O3. The molecule has 1 aromatic rings. The largest absolute Gasteiger partial charge is 0.476 e. The molecule has 122 valence electrons. The minimum atomic E-state index is -0.398. The molecule has 7 nitrogen and oxygen atoms in total. The van der Waals surface area contributed by atoms with Crippen LogP contribution in [0.2, 0.25) is 0 Å². The molecule has 1 aromatic heterocycles. The van der Waals surface area contributed by atoms with E-state index < -0.39 is 6.03 Å². The Hall–Kier alpha value is -2.31. The molecule has 0 saturated carbocycles. The Kier molecular flexibility index (Phi) is 7.74. The van der Waals surface area contributed by atoms with E-state index in [4.69, 9.17) is 4.74 Å². The van der Waals surface area contributed by atoms with E-state index in [1.165, 1.54) is 0 Å². The molecule has 3 N–H and O–H groups in total. The highest BCUT2D eigenvalue weighted by atomic mass is 16.5. The molecule has 0 unspecified atom stereocenters. The van der Waals surface area contributed by atoms with E-state index in [1.807, 2.05) is 20.8 Å². The van der Waals surface area contributed by atoms with Gasteiger partial charge in [-0.25, -0.2) is 9.78 Å². The lowest BCUT2D eigenvalue weighted by Crippen LogP contribution is -2.36. The molecule has 1 rings (SSSR count). The van der Waals surface area contributed by atoms with Crippen molar-refractivity contribution in [1.82, 2.24) is 15.6 Å². The van der Waals surface area contributed by atoms with Crippen LogP contribution in [0.1, 0.15) is 33.6 Å². The summed E-state index contributed by atoms with van der Waals surface area (Å²) in [6.07, 6.45) is 2.71. The fraction of sp³-hybridized carbons (Fsp3) is 0.533. The normalized spacial score (nSPS) is 11.4. The molecule has 0 aliphatic rings. The van der Waals surface area contributed by atoms with E-state index >= 15 is 0 Å². The number of hydrogen-bond donors (Lipinski definition) is 3. The number of carbonyl (C=O) groups is 2. The minimum absolute atomic E-state index is 0.0777. The number of amides is 3. The van der Waals surface area contributed by atoms with Gasteiger partial charge in [-0.2, -0.15) is 0 Å². The van der Waals surface area contributed by atoms with Gasteiger partial charge in [0.1, 0.15) is 5.69 Å². The third-order valence-corrected chi connectivity index (χ3v) is 2.96. The van der Waals surface area contributed by atoms with Crippen LogP contribution in [-0.4, -0.2) is 36.1 Å². The Morgan fingerprint density at radius 3 is 2.82 bits per heavy atom. The van der Waals surface area contributed by atoms with Crippen molar-refractivity contribution in [3.05, 3.63) is 18.3 Å². The summed E-state index contributed by atoms with van der Waals surface area (Å²) >= 11 is 0. The first-order valence-electron chi connectivity index (χ1n) is 7.48. The number of aromatic nitrogens is 1. The van der Waals surface area contributed by atoms with Gasteiger partial charge >= 0.3 is 6.03 Å². The van der Waals surface area contributed by atoms with Crippen LogP contribution >= 0.6 is 0 Å².